The standard InChI is InChI=1S/C13H12N2O5S/c1-14(9-5-3-2-4-8(9)12(18)19)10(16)6-15-11(17)7-21-13(15)20/h2-5H,6-7H2,1H3,(H,18,19). The molecule has 7 nitrogen and oxygen atoms in total. The first-order valence-corrected chi connectivity index (χ1v) is 6.96. The number of benzene rings is 1. The number of para-hydroxylation sites is 1. The van der Waals surface area contributed by atoms with Gasteiger partial charge in [-0.25, -0.2) is 4.79 Å². The summed E-state index contributed by atoms with van der Waals surface area (Å²) in [5, 5.41) is 8.64. The Bertz CT molecular complexity index is 615. The summed E-state index contributed by atoms with van der Waals surface area (Å²) in [6, 6.07) is 6.02. The molecular formula is C13H12N2O5S. The Kier molecular flexibility index (Phi) is 4.27. The minimum absolute atomic E-state index is 0.0261. The molecule has 0 aromatic heterocycles. The molecule has 0 bridgehead atoms. The van der Waals surface area contributed by atoms with Crippen LogP contribution in [0.3, 0.4) is 0 Å². The van der Waals surface area contributed by atoms with Crippen LogP contribution in [0, 0.1) is 0 Å². The lowest BCUT2D eigenvalue weighted by Crippen LogP contribution is -2.41. The highest BCUT2D eigenvalue weighted by Crippen LogP contribution is 2.22. The van der Waals surface area contributed by atoms with Crippen molar-refractivity contribution in [2.24, 2.45) is 0 Å². The Morgan fingerprint density at radius 1 is 1.33 bits per heavy atom. The minimum atomic E-state index is -1.16. The molecule has 1 N–H and O–H groups in total. The molecule has 21 heavy (non-hydrogen) atoms. The summed E-state index contributed by atoms with van der Waals surface area (Å²) in [5.41, 5.74) is 0.184. The van der Waals surface area contributed by atoms with Gasteiger partial charge >= 0.3 is 5.97 Å². The van der Waals surface area contributed by atoms with Crippen molar-refractivity contribution in [2.75, 3.05) is 24.2 Å². The molecule has 110 valence electrons. The number of carboxylic acid groups (broad SMARTS) is 1. The van der Waals surface area contributed by atoms with Gasteiger partial charge in [-0.15, -0.1) is 0 Å². The van der Waals surface area contributed by atoms with Crippen LogP contribution in [0.2, 0.25) is 0 Å². The third-order valence-corrected chi connectivity index (χ3v) is 3.86. The summed E-state index contributed by atoms with van der Waals surface area (Å²) in [7, 11) is 1.41. The van der Waals surface area contributed by atoms with E-state index in [1.807, 2.05) is 0 Å². The summed E-state index contributed by atoms with van der Waals surface area (Å²) < 4.78 is 0. The molecular weight excluding hydrogens is 296 g/mol. The molecule has 0 aliphatic carbocycles. The number of rotatable bonds is 4. The van der Waals surface area contributed by atoms with Crippen molar-refractivity contribution < 1.29 is 24.3 Å². The molecule has 2 rings (SSSR count). The van der Waals surface area contributed by atoms with Gasteiger partial charge in [0.1, 0.15) is 6.54 Å². The minimum Gasteiger partial charge on any atom is -0.478 e. The maximum Gasteiger partial charge on any atom is 0.337 e. The van der Waals surface area contributed by atoms with Crippen LogP contribution in [0.1, 0.15) is 10.4 Å². The monoisotopic (exact) mass is 308 g/mol. The number of hydrogen-bond acceptors (Lipinski definition) is 5. The van der Waals surface area contributed by atoms with Crippen molar-refractivity contribution in [3.05, 3.63) is 29.8 Å². The number of thioether (sulfide) groups is 1. The van der Waals surface area contributed by atoms with Gasteiger partial charge < -0.3 is 10.0 Å². The Hall–Kier alpha value is -2.35. The molecule has 1 aliphatic rings. The highest BCUT2D eigenvalue weighted by molar-refractivity contribution is 8.14. The zero-order chi connectivity index (χ0) is 15.6. The van der Waals surface area contributed by atoms with E-state index in [0.717, 1.165) is 21.6 Å². The molecule has 1 saturated heterocycles. The van der Waals surface area contributed by atoms with Crippen molar-refractivity contribution in [3.8, 4) is 0 Å². The second-order valence-corrected chi connectivity index (χ2v) is 5.24. The molecule has 1 aliphatic heterocycles. The topological polar surface area (TPSA) is 95.0 Å². The lowest BCUT2D eigenvalue weighted by Gasteiger charge is -2.21. The predicted octanol–water partition coefficient (Wildman–Crippen LogP) is 1.04. The van der Waals surface area contributed by atoms with Gasteiger partial charge in [0.25, 0.3) is 5.24 Å². The number of likely N-dealkylation sites (N-methyl/N-ethyl adjacent to an activating group) is 1. The SMILES string of the molecule is CN(C(=O)CN1C(=O)CSC1=O)c1ccccc1C(=O)O. The van der Waals surface area contributed by atoms with E-state index in [1.54, 1.807) is 12.1 Å². The van der Waals surface area contributed by atoms with Crippen molar-refractivity contribution >= 4 is 40.5 Å². The van der Waals surface area contributed by atoms with Crippen molar-refractivity contribution in [2.45, 2.75) is 0 Å². The third kappa shape index (κ3) is 3.05. The van der Waals surface area contributed by atoms with Gasteiger partial charge in [0.15, 0.2) is 0 Å². The highest BCUT2D eigenvalue weighted by atomic mass is 32.2. The number of hydrogen-bond donors (Lipinski definition) is 1. The van der Waals surface area contributed by atoms with Gasteiger partial charge in [-0.3, -0.25) is 19.3 Å². The van der Waals surface area contributed by atoms with E-state index in [9.17, 15) is 19.2 Å². The Labute approximate surface area is 124 Å². The largest absolute Gasteiger partial charge is 0.478 e. The summed E-state index contributed by atoms with van der Waals surface area (Å²) in [5.74, 6) is -2.08. The van der Waals surface area contributed by atoms with Crippen LogP contribution >= 0.6 is 11.8 Å². The van der Waals surface area contributed by atoms with E-state index in [1.165, 1.54) is 19.2 Å². The number of imide groups is 1. The molecule has 8 heteroatoms. The first-order valence-electron chi connectivity index (χ1n) is 5.98. The zero-order valence-electron chi connectivity index (χ0n) is 11.1. The van der Waals surface area contributed by atoms with E-state index in [-0.39, 0.29) is 17.0 Å². The lowest BCUT2D eigenvalue weighted by atomic mass is 10.1. The average molecular weight is 308 g/mol. The first kappa shape index (κ1) is 15.0. The second kappa shape index (κ2) is 5.96. The van der Waals surface area contributed by atoms with Crippen LogP contribution in [-0.4, -0.2) is 52.4 Å². The van der Waals surface area contributed by atoms with Gasteiger partial charge in [-0.2, -0.15) is 0 Å². The van der Waals surface area contributed by atoms with Gasteiger partial charge in [0, 0.05) is 7.05 Å². The number of aromatic carboxylic acids is 1. The third-order valence-electron chi connectivity index (χ3n) is 3.00. The Morgan fingerprint density at radius 2 is 2.00 bits per heavy atom. The fourth-order valence-corrected chi connectivity index (χ4v) is 2.58. The fourth-order valence-electron chi connectivity index (χ4n) is 1.86. The number of nitrogens with zero attached hydrogens (tertiary/aromatic N) is 2. The molecule has 1 heterocycles. The molecule has 1 aromatic carbocycles. The number of carbonyl (C=O) groups excluding carboxylic acids is 3. The molecule has 0 spiro atoms. The molecule has 3 amide bonds. The Balaban J connectivity index is 2.18. The number of anilines is 1. The van der Waals surface area contributed by atoms with Crippen LogP contribution in [0.25, 0.3) is 0 Å². The smallest absolute Gasteiger partial charge is 0.337 e. The van der Waals surface area contributed by atoms with Crippen molar-refractivity contribution in [1.29, 1.82) is 0 Å². The first-order chi connectivity index (χ1) is 9.91. The van der Waals surface area contributed by atoms with E-state index in [4.69, 9.17) is 5.11 Å². The van der Waals surface area contributed by atoms with E-state index >= 15 is 0 Å². The normalized spacial score (nSPS) is 14.4. The van der Waals surface area contributed by atoms with Gasteiger partial charge in [0.05, 0.1) is 17.0 Å². The molecule has 0 unspecified atom stereocenters. The van der Waals surface area contributed by atoms with Crippen LogP contribution in [0.4, 0.5) is 10.5 Å². The summed E-state index contributed by atoms with van der Waals surface area (Å²) in [4.78, 5) is 48.2. The van der Waals surface area contributed by atoms with Gasteiger partial charge in [-0.05, 0) is 12.1 Å². The van der Waals surface area contributed by atoms with Crippen LogP contribution < -0.4 is 4.90 Å². The number of amides is 3. The number of carboxylic acids is 1. The molecule has 1 fully saturated rings. The fraction of sp³-hybridized carbons (Fsp3) is 0.231. The highest BCUT2D eigenvalue weighted by Gasteiger charge is 2.32. The maximum absolute atomic E-state index is 12.1. The molecule has 1 aromatic rings. The van der Waals surface area contributed by atoms with Crippen molar-refractivity contribution in [3.63, 3.8) is 0 Å². The molecule has 0 radical (unpaired) electrons. The van der Waals surface area contributed by atoms with E-state index in [2.05, 4.69) is 0 Å². The van der Waals surface area contributed by atoms with Crippen LogP contribution in [-0.2, 0) is 9.59 Å². The van der Waals surface area contributed by atoms with Crippen LogP contribution in [0.5, 0.6) is 0 Å². The lowest BCUT2D eigenvalue weighted by molar-refractivity contribution is -0.129. The van der Waals surface area contributed by atoms with Crippen molar-refractivity contribution in [1.82, 2.24) is 4.90 Å². The maximum atomic E-state index is 12.1. The Morgan fingerprint density at radius 3 is 2.57 bits per heavy atom. The molecule has 0 saturated carbocycles. The van der Waals surface area contributed by atoms with E-state index in [0.29, 0.717) is 0 Å². The summed E-state index contributed by atoms with van der Waals surface area (Å²) >= 11 is 0.844. The molecule has 0 atom stereocenters. The summed E-state index contributed by atoms with van der Waals surface area (Å²) in [6.45, 7) is -0.394. The van der Waals surface area contributed by atoms with Gasteiger partial charge in [0.2, 0.25) is 11.8 Å². The quantitative estimate of drug-likeness (QED) is 0.893. The predicted molar refractivity (Wildman–Crippen MR) is 76.4 cm³/mol. The van der Waals surface area contributed by atoms with Gasteiger partial charge in [-0.1, -0.05) is 23.9 Å². The summed E-state index contributed by atoms with van der Waals surface area (Å²) in [6.07, 6.45) is 0. The number of carbonyl (C=O) groups is 4. The van der Waals surface area contributed by atoms with Crippen LogP contribution in [0.15, 0.2) is 24.3 Å². The zero-order valence-corrected chi connectivity index (χ0v) is 11.9. The second-order valence-electron chi connectivity index (χ2n) is 4.31. The van der Waals surface area contributed by atoms with E-state index < -0.39 is 29.6 Å². The average Bonchev–Trinajstić information content (AvgIpc) is 2.78.